The summed E-state index contributed by atoms with van der Waals surface area (Å²) >= 11 is 0. The molecule has 0 unspecified atom stereocenters. The molecule has 0 amide bonds. The molecule has 0 atom stereocenters. The molecular formula is C62H50N2. The molecule has 10 aromatic carbocycles. The van der Waals surface area contributed by atoms with Gasteiger partial charge in [0.05, 0.1) is 11.4 Å². The summed E-state index contributed by atoms with van der Waals surface area (Å²) < 4.78 is 0. The number of nitrogens with zero attached hydrogens (tertiary/aromatic N) is 2. The van der Waals surface area contributed by atoms with Crippen molar-refractivity contribution in [2.75, 3.05) is 9.80 Å². The van der Waals surface area contributed by atoms with Gasteiger partial charge in [0.15, 0.2) is 0 Å². The van der Waals surface area contributed by atoms with Crippen LogP contribution in [0, 0.1) is 0 Å². The number of fused-ring (bicyclic) bond motifs is 1. The molecule has 64 heavy (non-hydrogen) atoms. The maximum Gasteiger partial charge on any atom is 0.0578 e. The van der Waals surface area contributed by atoms with Gasteiger partial charge in [-0.05, 0) is 110 Å². The predicted molar refractivity (Wildman–Crippen MR) is 274 cm³/mol. The lowest BCUT2D eigenvalue weighted by Crippen LogP contribution is -2.21. The zero-order valence-corrected chi connectivity index (χ0v) is 36.6. The molecule has 10 rings (SSSR count). The van der Waals surface area contributed by atoms with E-state index in [-0.39, 0.29) is 5.41 Å². The third-order valence-corrected chi connectivity index (χ3v) is 12.2. The predicted octanol–water partition coefficient (Wildman–Crippen LogP) is 17.7. The SMILES string of the molecule is CC(C)(C)c1cc(N(c2ccc(-c3ccccc3)cc2)c2ccc(-c3ccccc3)cc2)c2ccccc2c1N(c1ccc(-c2ccccc2)cc1)c1ccc(-c2ccccc2)cc1. The molecule has 308 valence electrons. The van der Waals surface area contributed by atoms with Crippen molar-refractivity contribution in [3.8, 4) is 44.5 Å². The van der Waals surface area contributed by atoms with Crippen LogP contribution >= 0.6 is 0 Å². The molecule has 0 N–H and O–H groups in total. The smallest absolute Gasteiger partial charge is 0.0578 e. The molecule has 0 saturated carbocycles. The minimum Gasteiger partial charge on any atom is -0.310 e. The molecule has 0 aromatic heterocycles. The Kier molecular flexibility index (Phi) is 10.9. The maximum atomic E-state index is 2.48. The largest absolute Gasteiger partial charge is 0.310 e. The van der Waals surface area contributed by atoms with Crippen molar-refractivity contribution >= 4 is 44.9 Å². The first-order chi connectivity index (χ1) is 31.4. The van der Waals surface area contributed by atoms with Crippen LogP contribution < -0.4 is 9.80 Å². The molecule has 2 heteroatoms. The van der Waals surface area contributed by atoms with Crippen LogP contribution in [0.15, 0.2) is 249 Å². The van der Waals surface area contributed by atoms with Crippen molar-refractivity contribution in [2.24, 2.45) is 0 Å². The average Bonchev–Trinajstić information content (AvgIpc) is 3.36. The standard InChI is InChI=1S/C62H50N2/c1-62(2,3)59-44-60(63(53-36-28-49(29-37-53)45-18-8-4-9-19-45)54-38-30-50(31-39-54)46-20-10-5-11-21-46)57-26-16-17-27-58(57)61(59)64(55-40-32-51(33-41-55)47-22-12-6-13-23-47)56-42-34-52(35-43-56)48-24-14-7-15-25-48/h4-44H,1-3H3. The minimum absolute atomic E-state index is 0.250. The molecule has 0 fully saturated rings. The first-order valence-corrected chi connectivity index (χ1v) is 22.2. The fourth-order valence-corrected chi connectivity index (χ4v) is 8.91. The molecule has 0 bridgehead atoms. The number of rotatable bonds is 10. The summed E-state index contributed by atoms with van der Waals surface area (Å²) in [5.41, 5.74) is 17.2. The summed E-state index contributed by atoms with van der Waals surface area (Å²) in [5.74, 6) is 0. The van der Waals surface area contributed by atoms with Gasteiger partial charge in [0.2, 0.25) is 0 Å². The molecule has 0 spiro atoms. The molecule has 0 aliphatic heterocycles. The first-order valence-electron chi connectivity index (χ1n) is 22.2. The quantitative estimate of drug-likeness (QED) is 0.136. The molecule has 0 radical (unpaired) electrons. The monoisotopic (exact) mass is 822 g/mol. The third kappa shape index (κ3) is 8.10. The van der Waals surface area contributed by atoms with Crippen LogP contribution in [0.3, 0.4) is 0 Å². The van der Waals surface area contributed by atoms with Crippen LogP contribution in [0.4, 0.5) is 34.1 Å². The fourth-order valence-electron chi connectivity index (χ4n) is 8.91. The van der Waals surface area contributed by atoms with Crippen LogP contribution in [0.1, 0.15) is 26.3 Å². The summed E-state index contributed by atoms with van der Waals surface area (Å²) in [5, 5.41) is 2.34. The summed E-state index contributed by atoms with van der Waals surface area (Å²) in [4.78, 5) is 4.92. The van der Waals surface area contributed by atoms with Crippen molar-refractivity contribution in [3.05, 3.63) is 254 Å². The highest BCUT2D eigenvalue weighted by atomic mass is 15.2. The van der Waals surface area contributed by atoms with Crippen LogP contribution in [-0.4, -0.2) is 0 Å². The second-order valence-electron chi connectivity index (χ2n) is 17.4. The molecule has 0 saturated heterocycles. The Hall–Kier alpha value is -7.94. The van der Waals surface area contributed by atoms with E-state index >= 15 is 0 Å². The Morgan fingerprint density at radius 1 is 0.266 bits per heavy atom. The van der Waals surface area contributed by atoms with Crippen LogP contribution in [0.2, 0.25) is 0 Å². The summed E-state index contributed by atoms with van der Waals surface area (Å²) in [6.07, 6.45) is 0. The van der Waals surface area contributed by atoms with Gasteiger partial charge in [0.25, 0.3) is 0 Å². The van der Waals surface area contributed by atoms with Crippen molar-refractivity contribution in [1.82, 2.24) is 0 Å². The van der Waals surface area contributed by atoms with Crippen molar-refractivity contribution < 1.29 is 0 Å². The zero-order valence-electron chi connectivity index (χ0n) is 36.6. The molecule has 10 aromatic rings. The van der Waals surface area contributed by atoms with E-state index in [1.807, 2.05) is 0 Å². The number of hydrogen-bond acceptors (Lipinski definition) is 2. The van der Waals surface area contributed by atoms with Gasteiger partial charge in [0, 0.05) is 33.5 Å². The van der Waals surface area contributed by atoms with Gasteiger partial charge >= 0.3 is 0 Å². The van der Waals surface area contributed by atoms with E-state index in [2.05, 4.69) is 279 Å². The van der Waals surface area contributed by atoms with Gasteiger partial charge in [-0.2, -0.15) is 0 Å². The van der Waals surface area contributed by atoms with E-state index in [0.29, 0.717) is 0 Å². The van der Waals surface area contributed by atoms with Crippen molar-refractivity contribution in [1.29, 1.82) is 0 Å². The fraction of sp³-hybridized carbons (Fsp3) is 0.0645. The highest BCUT2D eigenvalue weighted by Gasteiger charge is 2.29. The molecule has 0 aliphatic carbocycles. The molecule has 2 nitrogen and oxygen atoms in total. The lowest BCUT2D eigenvalue weighted by molar-refractivity contribution is 0.592. The number of hydrogen-bond donors (Lipinski definition) is 0. The first kappa shape index (κ1) is 40.2. The van der Waals surface area contributed by atoms with Gasteiger partial charge in [-0.25, -0.2) is 0 Å². The van der Waals surface area contributed by atoms with E-state index in [9.17, 15) is 0 Å². The van der Waals surface area contributed by atoms with Crippen LogP contribution in [-0.2, 0) is 5.41 Å². The minimum atomic E-state index is -0.250. The Labute approximate surface area is 378 Å². The van der Waals surface area contributed by atoms with E-state index < -0.39 is 0 Å². The summed E-state index contributed by atoms with van der Waals surface area (Å²) in [6, 6.07) is 90.1. The van der Waals surface area contributed by atoms with Crippen molar-refractivity contribution in [2.45, 2.75) is 26.2 Å². The van der Waals surface area contributed by atoms with Gasteiger partial charge in [-0.3, -0.25) is 0 Å². The van der Waals surface area contributed by atoms with Crippen LogP contribution in [0.25, 0.3) is 55.3 Å². The second kappa shape index (κ2) is 17.4. The van der Waals surface area contributed by atoms with E-state index in [1.54, 1.807) is 0 Å². The number of anilines is 6. The normalized spacial score (nSPS) is 11.4. The Morgan fingerprint density at radius 3 is 0.844 bits per heavy atom. The van der Waals surface area contributed by atoms with E-state index in [1.165, 1.54) is 61.1 Å². The Morgan fingerprint density at radius 2 is 0.531 bits per heavy atom. The van der Waals surface area contributed by atoms with Crippen molar-refractivity contribution in [3.63, 3.8) is 0 Å². The van der Waals surface area contributed by atoms with Gasteiger partial charge in [-0.1, -0.05) is 215 Å². The van der Waals surface area contributed by atoms with Gasteiger partial charge < -0.3 is 9.80 Å². The lowest BCUT2D eigenvalue weighted by Gasteiger charge is -2.36. The summed E-state index contributed by atoms with van der Waals surface area (Å²) in [6.45, 7) is 7.02. The molecule has 0 aliphatic rings. The lowest BCUT2D eigenvalue weighted by atomic mass is 9.82. The Bertz CT molecular complexity index is 2950. The highest BCUT2D eigenvalue weighted by Crippen LogP contribution is 2.51. The highest BCUT2D eigenvalue weighted by molar-refractivity contribution is 6.09. The zero-order chi connectivity index (χ0) is 43.5. The molecule has 0 heterocycles. The van der Waals surface area contributed by atoms with E-state index in [4.69, 9.17) is 0 Å². The Balaban J connectivity index is 1.19. The maximum absolute atomic E-state index is 2.48. The third-order valence-electron chi connectivity index (χ3n) is 12.2. The van der Waals surface area contributed by atoms with Gasteiger partial charge in [-0.15, -0.1) is 0 Å². The average molecular weight is 823 g/mol. The van der Waals surface area contributed by atoms with Crippen LogP contribution in [0.5, 0.6) is 0 Å². The van der Waals surface area contributed by atoms with E-state index in [0.717, 1.165) is 33.8 Å². The number of benzene rings is 10. The topological polar surface area (TPSA) is 6.48 Å². The van der Waals surface area contributed by atoms with Gasteiger partial charge in [0.1, 0.15) is 0 Å². The molecular weight excluding hydrogens is 773 g/mol. The second-order valence-corrected chi connectivity index (χ2v) is 17.4. The summed E-state index contributed by atoms with van der Waals surface area (Å²) in [7, 11) is 0.